The van der Waals surface area contributed by atoms with Gasteiger partial charge in [0, 0.05) is 30.1 Å². The fourth-order valence-corrected chi connectivity index (χ4v) is 3.58. The van der Waals surface area contributed by atoms with Crippen LogP contribution in [0.25, 0.3) is 27.8 Å². The minimum Gasteiger partial charge on any atom is -0.378 e. The van der Waals surface area contributed by atoms with E-state index >= 15 is 0 Å². The Kier molecular flexibility index (Phi) is 4.52. The SMILES string of the molecule is Cc1nn(C)c(C)c1-c1ccc(-c2cnn3cccc(C#CC(C)(C)O)c23)cc1. The second kappa shape index (κ2) is 6.91. The molecule has 0 aliphatic heterocycles. The number of rotatable bonds is 2. The van der Waals surface area contributed by atoms with Gasteiger partial charge in [-0.2, -0.15) is 10.2 Å². The maximum atomic E-state index is 9.97. The molecule has 1 N–H and O–H groups in total. The molecule has 0 aliphatic carbocycles. The van der Waals surface area contributed by atoms with Crippen molar-refractivity contribution in [2.45, 2.75) is 33.3 Å². The van der Waals surface area contributed by atoms with Crippen LogP contribution >= 0.6 is 0 Å². The highest BCUT2D eigenvalue weighted by atomic mass is 16.3. The van der Waals surface area contributed by atoms with Crippen molar-refractivity contribution in [3.63, 3.8) is 0 Å². The minimum absolute atomic E-state index is 0.838. The summed E-state index contributed by atoms with van der Waals surface area (Å²) < 4.78 is 3.74. The molecule has 5 nitrogen and oxygen atoms in total. The summed E-state index contributed by atoms with van der Waals surface area (Å²) in [7, 11) is 1.97. The van der Waals surface area contributed by atoms with E-state index < -0.39 is 5.60 Å². The summed E-state index contributed by atoms with van der Waals surface area (Å²) in [5.74, 6) is 6.01. The van der Waals surface area contributed by atoms with E-state index in [0.29, 0.717) is 0 Å². The third kappa shape index (κ3) is 3.55. The fourth-order valence-electron chi connectivity index (χ4n) is 3.58. The van der Waals surface area contributed by atoms with Crippen molar-refractivity contribution < 1.29 is 5.11 Å². The van der Waals surface area contributed by atoms with E-state index in [9.17, 15) is 5.11 Å². The van der Waals surface area contributed by atoms with Gasteiger partial charge in [0.15, 0.2) is 0 Å². The van der Waals surface area contributed by atoms with Gasteiger partial charge in [-0.05, 0) is 51.0 Å². The average molecular weight is 384 g/mol. The monoisotopic (exact) mass is 384 g/mol. The molecule has 0 saturated heterocycles. The standard InChI is InChI=1S/C24H24N4O/c1-16-22(17(2)27(5)26-16)19-10-8-18(9-11-19)21-15-25-28-14-6-7-20(23(21)28)12-13-24(3,4)29/h6-11,14-15,29H,1-5H3. The molecule has 0 aliphatic rings. The Bertz CT molecular complexity index is 1260. The lowest BCUT2D eigenvalue weighted by Gasteiger charge is -2.07. The van der Waals surface area contributed by atoms with Crippen molar-refractivity contribution in [1.29, 1.82) is 0 Å². The van der Waals surface area contributed by atoms with Crippen LogP contribution < -0.4 is 0 Å². The molecule has 4 aromatic rings. The van der Waals surface area contributed by atoms with Gasteiger partial charge in [0.1, 0.15) is 5.60 Å². The lowest BCUT2D eigenvalue weighted by Crippen LogP contribution is -2.14. The Morgan fingerprint density at radius 2 is 1.72 bits per heavy atom. The molecular weight excluding hydrogens is 360 g/mol. The van der Waals surface area contributed by atoms with Crippen LogP contribution in [0.4, 0.5) is 0 Å². The number of benzene rings is 1. The van der Waals surface area contributed by atoms with Crippen LogP contribution in [0.2, 0.25) is 0 Å². The lowest BCUT2D eigenvalue weighted by molar-refractivity contribution is 0.143. The maximum absolute atomic E-state index is 9.97. The predicted octanol–water partition coefficient (Wildman–Crippen LogP) is 4.14. The molecule has 3 heterocycles. The summed E-state index contributed by atoms with van der Waals surface area (Å²) >= 11 is 0. The minimum atomic E-state index is -1.05. The lowest BCUT2D eigenvalue weighted by atomic mass is 9.99. The van der Waals surface area contributed by atoms with Crippen molar-refractivity contribution >= 4 is 5.52 Å². The van der Waals surface area contributed by atoms with Crippen LogP contribution in [0.15, 0.2) is 48.8 Å². The van der Waals surface area contributed by atoms with Crippen molar-refractivity contribution in [2.75, 3.05) is 0 Å². The number of pyridine rings is 1. The Labute approximate surface area is 170 Å². The largest absolute Gasteiger partial charge is 0.378 e. The van der Waals surface area contributed by atoms with Gasteiger partial charge in [-0.3, -0.25) is 4.68 Å². The van der Waals surface area contributed by atoms with E-state index in [1.54, 1.807) is 13.8 Å². The van der Waals surface area contributed by atoms with Crippen molar-refractivity contribution in [3.8, 4) is 34.1 Å². The molecule has 0 amide bonds. The van der Waals surface area contributed by atoms with E-state index in [1.807, 2.05) is 47.7 Å². The summed E-state index contributed by atoms with van der Waals surface area (Å²) in [5, 5.41) is 19.0. The second-order valence-electron chi connectivity index (χ2n) is 7.83. The summed E-state index contributed by atoms with van der Waals surface area (Å²) in [6.45, 7) is 7.48. The molecule has 0 spiro atoms. The van der Waals surface area contributed by atoms with E-state index in [4.69, 9.17) is 0 Å². The van der Waals surface area contributed by atoms with Gasteiger partial charge in [-0.25, -0.2) is 4.52 Å². The number of hydrogen-bond donors (Lipinski definition) is 1. The molecule has 146 valence electrons. The Morgan fingerprint density at radius 1 is 1.03 bits per heavy atom. The first-order chi connectivity index (χ1) is 13.7. The normalized spacial score (nSPS) is 11.5. The van der Waals surface area contributed by atoms with Gasteiger partial charge in [0.05, 0.1) is 23.0 Å². The van der Waals surface area contributed by atoms with Crippen molar-refractivity contribution in [1.82, 2.24) is 19.4 Å². The van der Waals surface area contributed by atoms with Gasteiger partial charge in [-0.1, -0.05) is 36.1 Å². The third-order valence-electron chi connectivity index (χ3n) is 5.04. The van der Waals surface area contributed by atoms with Crippen LogP contribution in [0, 0.1) is 25.7 Å². The van der Waals surface area contributed by atoms with E-state index in [0.717, 1.165) is 39.2 Å². The van der Waals surface area contributed by atoms with Gasteiger partial charge < -0.3 is 5.11 Å². The van der Waals surface area contributed by atoms with Crippen LogP contribution in [-0.2, 0) is 7.05 Å². The molecule has 0 atom stereocenters. The second-order valence-corrected chi connectivity index (χ2v) is 7.83. The average Bonchev–Trinajstić information content (AvgIpc) is 3.21. The first-order valence-electron chi connectivity index (χ1n) is 9.57. The Hall–Kier alpha value is -3.36. The molecule has 0 unspecified atom stereocenters. The Morgan fingerprint density at radius 3 is 2.34 bits per heavy atom. The molecular formula is C24H24N4O. The van der Waals surface area contributed by atoms with E-state index in [2.05, 4.69) is 53.2 Å². The molecule has 4 rings (SSSR count). The number of nitrogens with zero attached hydrogens (tertiary/aromatic N) is 4. The zero-order valence-corrected chi connectivity index (χ0v) is 17.4. The highest BCUT2D eigenvalue weighted by molar-refractivity contribution is 5.85. The molecule has 0 fully saturated rings. The summed E-state index contributed by atoms with van der Waals surface area (Å²) in [4.78, 5) is 0. The fraction of sp³-hybridized carbons (Fsp3) is 0.250. The number of hydrogen-bond acceptors (Lipinski definition) is 3. The number of aromatic nitrogens is 4. The number of aryl methyl sites for hydroxylation is 2. The molecule has 29 heavy (non-hydrogen) atoms. The maximum Gasteiger partial charge on any atom is 0.120 e. The Balaban J connectivity index is 1.80. The highest BCUT2D eigenvalue weighted by Crippen LogP contribution is 2.31. The third-order valence-corrected chi connectivity index (χ3v) is 5.04. The first-order valence-corrected chi connectivity index (χ1v) is 9.57. The molecule has 3 aromatic heterocycles. The van der Waals surface area contributed by atoms with Gasteiger partial charge in [0.2, 0.25) is 0 Å². The van der Waals surface area contributed by atoms with Gasteiger partial charge in [0.25, 0.3) is 0 Å². The van der Waals surface area contributed by atoms with Crippen LogP contribution in [0.3, 0.4) is 0 Å². The summed E-state index contributed by atoms with van der Waals surface area (Å²) in [5.41, 5.74) is 7.31. The van der Waals surface area contributed by atoms with E-state index in [1.165, 1.54) is 5.56 Å². The van der Waals surface area contributed by atoms with Crippen LogP contribution in [0.1, 0.15) is 30.8 Å². The van der Waals surface area contributed by atoms with Crippen LogP contribution in [-0.4, -0.2) is 30.1 Å². The number of fused-ring (bicyclic) bond motifs is 1. The zero-order chi connectivity index (χ0) is 20.8. The first kappa shape index (κ1) is 19.0. The smallest absolute Gasteiger partial charge is 0.120 e. The molecule has 1 aromatic carbocycles. The molecule has 0 radical (unpaired) electrons. The molecule has 0 bridgehead atoms. The molecule has 5 heteroatoms. The summed E-state index contributed by atoms with van der Waals surface area (Å²) in [6, 6.07) is 12.3. The topological polar surface area (TPSA) is 55.4 Å². The quantitative estimate of drug-likeness (QED) is 0.529. The molecule has 0 saturated carbocycles. The highest BCUT2D eigenvalue weighted by Gasteiger charge is 2.14. The van der Waals surface area contributed by atoms with E-state index in [-0.39, 0.29) is 0 Å². The van der Waals surface area contributed by atoms with Crippen LogP contribution in [0.5, 0.6) is 0 Å². The van der Waals surface area contributed by atoms with Crippen molar-refractivity contribution in [3.05, 3.63) is 65.7 Å². The number of aliphatic hydroxyl groups is 1. The summed E-state index contributed by atoms with van der Waals surface area (Å²) in [6.07, 6.45) is 3.77. The van der Waals surface area contributed by atoms with Crippen molar-refractivity contribution in [2.24, 2.45) is 7.05 Å². The van der Waals surface area contributed by atoms with Gasteiger partial charge >= 0.3 is 0 Å². The zero-order valence-electron chi connectivity index (χ0n) is 17.4. The predicted molar refractivity (Wildman–Crippen MR) is 115 cm³/mol. The van der Waals surface area contributed by atoms with Gasteiger partial charge in [-0.15, -0.1) is 0 Å².